The number of rotatable bonds is 3. The summed E-state index contributed by atoms with van der Waals surface area (Å²) in [5.74, 6) is 0.247. The van der Waals surface area contributed by atoms with Gasteiger partial charge in [0.1, 0.15) is 0 Å². The highest BCUT2D eigenvalue weighted by Gasteiger charge is 2.34. The predicted octanol–water partition coefficient (Wildman–Crippen LogP) is 2.75. The third kappa shape index (κ3) is 3.51. The van der Waals surface area contributed by atoms with E-state index in [-0.39, 0.29) is 22.8 Å². The van der Waals surface area contributed by atoms with Crippen molar-refractivity contribution in [2.45, 2.75) is 46.6 Å². The molecule has 2 rings (SSSR count). The van der Waals surface area contributed by atoms with E-state index in [1.54, 1.807) is 0 Å². The van der Waals surface area contributed by atoms with Crippen LogP contribution in [0.3, 0.4) is 0 Å². The molecule has 1 aliphatic carbocycles. The second-order valence-electron chi connectivity index (χ2n) is 7.61. The standard InChI is InChI=1S/C17H28N2O/c1-16(2)8-6-13(10-16)11-19-12-17(3,4)9-7-14(18-5)15(19)20/h6,8,10,14,18H,7,9,11-12H2,1-5H3. The molecule has 1 amide bonds. The van der Waals surface area contributed by atoms with Gasteiger partial charge in [-0.25, -0.2) is 0 Å². The van der Waals surface area contributed by atoms with Gasteiger partial charge in [0, 0.05) is 18.5 Å². The number of carbonyl (C=O) groups is 1. The number of carbonyl (C=O) groups excluding carboxylic acids is 1. The minimum absolute atomic E-state index is 0.0317. The number of hydrogen-bond acceptors (Lipinski definition) is 2. The van der Waals surface area contributed by atoms with Gasteiger partial charge < -0.3 is 10.2 Å². The highest BCUT2D eigenvalue weighted by atomic mass is 16.2. The summed E-state index contributed by atoms with van der Waals surface area (Å²) in [7, 11) is 1.89. The summed E-state index contributed by atoms with van der Waals surface area (Å²) in [5.41, 5.74) is 1.58. The van der Waals surface area contributed by atoms with Crippen LogP contribution in [0.25, 0.3) is 0 Å². The summed E-state index contributed by atoms with van der Waals surface area (Å²) in [5, 5.41) is 3.17. The third-order valence-electron chi connectivity index (χ3n) is 4.34. The Hall–Kier alpha value is -1.09. The Labute approximate surface area is 123 Å². The largest absolute Gasteiger partial charge is 0.336 e. The van der Waals surface area contributed by atoms with Crippen LogP contribution >= 0.6 is 0 Å². The first-order chi connectivity index (χ1) is 9.22. The van der Waals surface area contributed by atoms with Gasteiger partial charge >= 0.3 is 0 Å². The van der Waals surface area contributed by atoms with Crippen molar-refractivity contribution in [2.75, 3.05) is 20.1 Å². The van der Waals surface area contributed by atoms with Gasteiger partial charge in [0.25, 0.3) is 0 Å². The first-order valence-electron chi connectivity index (χ1n) is 7.59. The van der Waals surface area contributed by atoms with Crippen LogP contribution in [0.4, 0.5) is 0 Å². The molecule has 0 aromatic rings. The number of likely N-dealkylation sites (N-methyl/N-ethyl adjacent to an activating group) is 1. The van der Waals surface area contributed by atoms with Gasteiger partial charge in [0.15, 0.2) is 0 Å². The lowest BCUT2D eigenvalue weighted by Crippen LogP contribution is -2.45. The van der Waals surface area contributed by atoms with Crippen molar-refractivity contribution in [1.29, 1.82) is 0 Å². The van der Waals surface area contributed by atoms with Crippen LogP contribution in [0, 0.1) is 10.8 Å². The highest BCUT2D eigenvalue weighted by molar-refractivity contribution is 5.82. The molecule has 0 aromatic heterocycles. The predicted molar refractivity (Wildman–Crippen MR) is 83.4 cm³/mol. The molecule has 112 valence electrons. The Morgan fingerprint density at radius 1 is 1.35 bits per heavy atom. The van der Waals surface area contributed by atoms with Gasteiger partial charge in [-0.05, 0) is 30.9 Å². The topological polar surface area (TPSA) is 32.3 Å². The summed E-state index contributed by atoms with van der Waals surface area (Å²) >= 11 is 0. The van der Waals surface area contributed by atoms with Gasteiger partial charge in [-0.2, -0.15) is 0 Å². The van der Waals surface area contributed by atoms with Crippen LogP contribution < -0.4 is 5.32 Å². The molecule has 0 bridgehead atoms. The average Bonchev–Trinajstić information content (AvgIpc) is 2.62. The lowest BCUT2D eigenvalue weighted by Gasteiger charge is -2.30. The average molecular weight is 276 g/mol. The van der Waals surface area contributed by atoms with E-state index in [1.807, 2.05) is 11.9 Å². The maximum absolute atomic E-state index is 12.6. The van der Waals surface area contributed by atoms with E-state index < -0.39 is 0 Å². The Morgan fingerprint density at radius 3 is 2.60 bits per heavy atom. The molecule has 0 saturated carbocycles. The Morgan fingerprint density at radius 2 is 2.05 bits per heavy atom. The van der Waals surface area contributed by atoms with Crippen molar-refractivity contribution in [3.8, 4) is 0 Å². The highest BCUT2D eigenvalue weighted by Crippen LogP contribution is 2.32. The first-order valence-corrected chi connectivity index (χ1v) is 7.59. The molecular formula is C17H28N2O. The van der Waals surface area contributed by atoms with E-state index in [4.69, 9.17) is 0 Å². The van der Waals surface area contributed by atoms with E-state index in [2.05, 4.69) is 51.2 Å². The zero-order chi connectivity index (χ0) is 15.0. The van der Waals surface area contributed by atoms with Crippen LogP contribution in [0.1, 0.15) is 40.5 Å². The van der Waals surface area contributed by atoms with Crippen molar-refractivity contribution in [3.63, 3.8) is 0 Å². The molecule has 3 heteroatoms. The van der Waals surface area contributed by atoms with Crippen molar-refractivity contribution in [2.24, 2.45) is 10.8 Å². The fraction of sp³-hybridized carbons (Fsp3) is 0.706. The normalized spacial score (nSPS) is 28.4. The lowest BCUT2D eigenvalue weighted by molar-refractivity contribution is -0.133. The molecule has 0 spiro atoms. The van der Waals surface area contributed by atoms with Crippen molar-refractivity contribution in [3.05, 3.63) is 23.8 Å². The van der Waals surface area contributed by atoms with Crippen LogP contribution in [-0.4, -0.2) is 37.0 Å². The minimum atomic E-state index is -0.0317. The summed E-state index contributed by atoms with van der Waals surface area (Å²) in [6, 6.07) is -0.0317. The fourth-order valence-corrected chi connectivity index (χ4v) is 3.17. The van der Waals surface area contributed by atoms with Gasteiger partial charge in [0.2, 0.25) is 5.91 Å². The van der Waals surface area contributed by atoms with E-state index in [9.17, 15) is 4.79 Å². The van der Waals surface area contributed by atoms with E-state index in [1.165, 1.54) is 5.57 Å². The minimum Gasteiger partial charge on any atom is -0.336 e. The molecule has 0 radical (unpaired) electrons. The summed E-state index contributed by atoms with van der Waals surface area (Å²) in [4.78, 5) is 14.7. The Bertz CT molecular complexity index is 446. The molecule has 1 heterocycles. The van der Waals surface area contributed by atoms with Crippen molar-refractivity contribution < 1.29 is 4.79 Å². The van der Waals surface area contributed by atoms with E-state index in [0.29, 0.717) is 0 Å². The zero-order valence-electron chi connectivity index (χ0n) is 13.5. The molecule has 1 unspecified atom stereocenters. The van der Waals surface area contributed by atoms with Crippen LogP contribution in [0.5, 0.6) is 0 Å². The quantitative estimate of drug-likeness (QED) is 0.859. The summed E-state index contributed by atoms with van der Waals surface area (Å²) in [6.45, 7) is 10.5. The number of allylic oxidation sites excluding steroid dienone is 2. The van der Waals surface area contributed by atoms with Gasteiger partial charge in [-0.1, -0.05) is 45.9 Å². The number of nitrogens with one attached hydrogen (secondary N) is 1. The number of hydrogen-bond donors (Lipinski definition) is 1. The molecular weight excluding hydrogens is 248 g/mol. The Kier molecular flexibility index (Phi) is 4.10. The molecule has 1 fully saturated rings. The lowest BCUT2D eigenvalue weighted by atomic mass is 9.87. The van der Waals surface area contributed by atoms with Crippen LogP contribution in [-0.2, 0) is 4.79 Å². The summed E-state index contributed by atoms with van der Waals surface area (Å²) < 4.78 is 0. The molecule has 0 aromatic carbocycles. The van der Waals surface area contributed by atoms with Crippen molar-refractivity contribution in [1.82, 2.24) is 10.2 Å². The maximum Gasteiger partial charge on any atom is 0.240 e. The maximum atomic E-state index is 12.6. The third-order valence-corrected chi connectivity index (χ3v) is 4.34. The molecule has 20 heavy (non-hydrogen) atoms. The van der Waals surface area contributed by atoms with Crippen molar-refractivity contribution >= 4 is 5.91 Å². The molecule has 3 nitrogen and oxygen atoms in total. The number of likely N-dealkylation sites (tertiary alicyclic amines) is 1. The number of nitrogens with zero attached hydrogens (tertiary/aromatic N) is 1. The first kappa shape index (κ1) is 15.3. The van der Waals surface area contributed by atoms with Crippen LogP contribution in [0.15, 0.2) is 23.8 Å². The van der Waals surface area contributed by atoms with Crippen LogP contribution in [0.2, 0.25) is 0 Å². The molecule has 1 aliphatic heterocycles. The number of amides is 1. The molecule has 1 N–H and O–H groups in total. The zero-order valence-corrected chi connectivity index (χ0v) is 13.5. The van der Waals surface area contributed by atoms with Gasteiger partial charge in [-0.3, -0.25) is 4.79 Å². The second-order valence-corrected chi connectivity index (χ2v) is 7.61. The van der Waals surface area contributed by atoms with Gasteiger partial charge in [0.05, 0.1) is 6.04 Å². The second kappa shape index (κ2) is 5.36. The fourth-order valence-electron chi connectivity index (χ4n) is 3.17. The monoisotopic (exact) mass is 276 g/mol. The molecule has 1 saturated heterocycles. The molecule has 1 atom stereocenters. The SMILES string of the molecule is CNC1CCC(C)(C)CN(CC2=CC(C)(C)C=C2)C1=O. The summed E-state index contributed by atoms with van der Waals surface area (Å²) in [6.07, 6.45) is 8.66. The van der Waals surface area contributed by atoms with E-state index in [0.717, 1.165) is 25.9 Å². The smallest absolute Gasteiger partial charge is 0.240 e. The van der Waals surface area contributed by atoms with E-state index >= 15 is 0 Å². The molecule has 2 aliphatic rings. The Balaban J connectivity index is 2.15. The van der Waals surface area contributed by atoms with Gasteiger partial charge in [-0.15, -0.1) is 0 Å².